The largest absolute Gasteiger partial charge is 0.337 e. The highest BCUT2D eigenvalue weighted by Crippen LogP contribution is 2.37. The van der Waals surface area contributed by atoms with Crippen LogP contribution in [0.1, 0.15) is 18.9 Å². The Balaban J connectivity index is 1.77. The summed E-state index contributed by atoms with van der Waals surface area (Å²) in [7, 11) is 0. The molecule has 20 heavy (non-hydrogen) atoms. The van der Waals surface area contributed by atoms with Gasteiger partial charge in [-0.3, -0.25) is 4.68 Å². The minimum atomic E-state index is 0.549. The number of aromatic amines is 1. The van der Waals surface area contributed by atoms with Crippen molar-refractivity contribution in [1.29, 1.82) is 0 Å². The zero-order valence-electron chi connectivity index (χ0n) is 10.6. The van der Waals surface area contributed by atoms with Crippen LogP contribution >= 0.6 is 11.3 Å². The highest BCUT2D eigenvalue weighted by atomic mass is 32.1. The van der Waals surface area contributed by atoms with Crippen molar-refractivity contribution in [2.45, 2.75) is 18.9 Å². The molecule has 1 saturated carbocycles. The van der Waals surface area contributed by atoms with E-state index in [-0.39, 0.29) is 0 Å². The molecule has 5 nitrogen and oxygen atoms in total. The molecule has 98 valence electrons. The Morgan fingerprint density at radius 1 is 1.20 bits per heavy atom. The number of thiazole rings is 1. The maximum Gasteiger partial charge on any atom is 0.156 e. The van der Waals surface area contributed by atoms with Crippen molar-refractivity contribution in [3.8, 4) is 11.5 Å². The van der Waals surface area contributed by atoms with E-state index >= 15 is 0 Å². The molecule has 3 heterocycles. The Bertz CT molecular complexity index is 927. The van der Waals surface area contributed by atoms with Crippen molar-refractivity contribution < 1.29 is 0 Å². The third kappa shape index (κ3) is 1.39. The number of hydrogen-bond acceptors (Lipinski definition) is 4. The Morgan fingerprint density at radius 2 is 2.15 bits per heavy atom. The van der Waals surface area contributed by atoms with Crippen LogP contribution < -0.4 is 0 Å². The molecule has 4 aromatic rings. The minimum Gasteiger partial charge on any atom is -0.337 e. The Kier molecular flexibility index (Phi) is 1.94. The quantitative estimate of drug-likeness (QED) is 0.613. The summed E-state index contributed by atoms with van der Waals surface area (Å²) in [4.78, 5) is 12.6. The molecular formula is C14H11N5S. The highest BCUT2D eigenvalue weighted by molar-refractivity contribution is 7.16. The lowest BCUT2D eigenvalue weighted by atomic mass is 10.3. The molecule has 0 saturated heterocycles. The van der Waals surface area contributed by atoms with Crippen LogP contribution in [-0.2, 0) is 0 Å². The molecule has 0 aliphatic heterocycles. The lowest BCUT2D eigenvalue weighted by Crippen LogP contribution is -1.99. The zero-order valence-corrected chi connectivity index (χ0v) is 11.4. The molecule has 0 spiro atoms. The third-order valence-electron chi connectivity index (χ3n) is 3.76. The first kappa shape index (κ1) is 10.6. The normalized spacial score (nSPS) is 15.4. The fraction of sp³-hybridized carbons (Fsp3) is 0.214. The van der Waals surface area contributed by atoms with Gasteiger partial charge >= 0.3 is 0 Å². The second-order valence-corrected chi connectivity index (χ2v) is 6.02. The molecule has 0 atom stereocenters. The van der Waals surface area contributed by atoms with Gasteiger partial charge in [-0.2, -0.15) is 5.10 Å². The van der Waals surface area contributed by atoms with Gasteiger partial charge in [-0.25, -0.2) is 9.97 Å². The van der Waals surface area contributed by atoms with Crippen LogP contribution in [-0.4, -0.2) is 24.7 Å². The molecule has 1 fully saturated rings. The number of nitrogens with one attached hydrogen (secondary N) is 1. The van der Waals surface area contributed by atoms with Crippen LogP contribution in [0.15, 0.2) is 29.9 Å². The predicted octanol–water partition coefficient (Wildman–Crippen LogP) is 3.37. The van der Waals surface area contributed by atoms with E-state index in [0.717, 1.165) is 28.1 Å². The first-order valence-electron chi connectivity index (χ1n) is 6.66. The summed E-state index contributed by atoms with van der Waals surface area (Å²) < 4.78 is 3.25. The van der Waals surface area contributed by atoms with Crippen molar-refractivity contribution >= 4 is 32.6 Å². The Morgan fingerprint density at radius 3 is 3.05 bits per heavy atom. The summed E-state index contributed by atoms with van der Waals surface area (Å²) in [5.74, 6) is 0.880. The zero-order chi connectivity index (χ0) is 13.1. The van der Waals surface area contributed by atoms with E-state index in [1.54, 1.807) is 11.3 Å². The molecule has 5 rings (SSSR count). The van der Waals surface area contributed by atoms with Gasteiger partial charge in [0.25, 0.3) is 0 Å². The monoisotopic (exact) mass is 281 g/mol. The van der Waals surface area contributed by atoms with Crippen molar-refractivity contribution in [3.05, 3.63) is 29.9 Å². The highest BCUT2D eigenvalue weighted by Gasteiger charge is 2.27. The van der Waals surface area contributed by atoms with Gasteiger partial charge in [-0.1, -0.05) is 0 Å². The first-order chi connectivity index (χ1) is 9.90. The molecule has 0 radical (unpaired) electrons. The van der Waals surface area contributed by atoms with Crippen LogP contribution in [0.3, 0.4) is 0 Å². The summed E-state index contributed by atoms with van der Waals surface area (Å²) in [5.41, 5.74) is 5.89. The molecule has 1 N–H and O–H groups in total. The summed E-state index contributed by atoms with van der Waals surface area (Å²) in [6, 6.07) is 6.74. The molecule has 1 aromatic carbocycles. The van der Waals surface area contributed by atoms with E-state index in [1.165, 1.54) is 17.5 Å². The van der Waals surface area contributed by atoms with E-state index in [4.69, 9.17) is 4.98 Å². The van der Waals surface area contributed by atoms with E-state index in [1.807, 2.05) is 17.8 Å². The van der Waals surface area contributed by atoms with Gasteiger partial charge in [-0.15, -0.1) is 11.3 Å². The maximum absolute atomic E-state index is 4.75. The van der Waals surface area contributed by atoms with Crippen molar-refractivity contribution in [1.82, 2.24) is 24.7 Å². The molecule has 0 amide bonds. The van der Waals surface area contributed by atoms with Gasteiger partial charge < -0.3 is 4.98 Å². The second kappa shape index (κ2) is 3.67. The van der Waals surface area contributed by atoms with Crippen molar-refractivity contribution in [2.75, 3.05) is 0 Å². The number of imidazole rings is 1. The number of hydrogen-bond donors (Lipinski definition) is 1. The first-order valence-corrected chi connectivity index (χ1v) is 7.54. The van der Waals surface area contributed by atoms with Gasteiger partial charge in [-0.05, 0) is 31.0 Å². The SMILES string of the molecule is c1cc(-c2nc3c(ccc4scnc43)[nH]2)n(C2CC2)n1. The van der Waals surface area contributed by atoms with Gasteiger partial charge in [0, 0.05) is 6.20 Å². The third-order valence-corrected chi connectivity index (χ3v) is 4.55. The van der Waals surface area contributed by atoms with Crippen LogP contribution in [0.2, 0.25) is 0 Å². The average molecular weight is 281 g/mol. The summed E-state index contributed by atoms with van der Waals surface area (Å²) in [6.07, 6.45) is 4.27. The number of fused-ring (bicyclic) bond motifs is 3. The van der Waals surface area contributed by atoms with Gasteiger partial charge in [0.05, 0.1) is 21.8 Å². The van der Waals surface area contributed by atoms with E-state index < -0.39 is 0 Å². The van der Waals surface area contributed by atoms with E-state index in [0.29, 0.717) is 6.04 Å². The number of benzene rings is 1. The number of nitrogens with zero attached hydrogens (tertiary/aromatic N) is 4. The number of aromatic nitrogens is 5. The second-order valence-electron chi connectivity index (χ2n) is 5.14. The topological polar surface area (TPSA) is 59.4 Å². The number of H-pyrrole nitrogens is 1. The van der Waals surface area contributed by atoms with Gasteiger partial charge in [0.15, 0.2) is 5.82 Å². The van der Waals surface area contributed by atoms with E-state index in [2.05, 4.69) is 31.9 Å². The van der Waals surface area contributed by atoms with E-state index in [9.17, 15) is 0 Å². The number of rotatable bonds is 2. The minimum absolute atomic E-state index is 0.549. The molecule has 6 heteroatoms. The summed E-state index contributed by atoms with van der Waals surface area (Å²) in [6.45, 7) is 0. The molecule has 1 aliphatic rings. The smallest absolute Gasteiger partial charge is 0.156 e. The fourth-order valence-electron chi connectivity index (χ4n) is 2.63. The molecule has 3 aromatic heterocycles. The van der Waals surface area contributed by atoms with Gasteiger partial charge in [0.2, 0.25) is 0 Å². The average Bonchev–Trinajstić information content (AvgIpc) is 2.94. The molecule has 0 bridgehead atoms. The van der Waals surface area contributed by atoms with Crippen molar-refractivity contribution in [3.63, 3.8) is 0 Å². The molecule has 0 unspecified atom stereocenters. The predicted molar refractivity (Wildman–Crippen MR) is 78.8 cm³/mol. The Hall–Kier alpha value is -2.21. The summed E-state index contributed by atoms with van der Waals surface area (Å²) >= 11 is 1.64. The molecule has 1 aliphatic carbocycles. The maximum atomic E-state index is 4.75. The van der Waals surface area contributed by atoms with Crippen LogP contribution in [0.25, 0.3) is 32.8 Å². The summed E-state index contributed by atoms with van der Waals surface area (Å²) in [5, 5.41) is 4.42. The van der Waals surface area contributed by atoms with Gasteiger partial charge in [0.1, 0.15) is 16.7 Å². The lowest BCUT2D eigenvalue weighted by Gasteiger charge is -2.01. The van der Waals surface area contributed by atoms with Crippen LogP contribution in [0.5, 0.6) is 0 Å². The standard InChI is InChI=1S/C14H11N5S/c1-2-8(1)19-10(5-6-16-19)14-17-9-3-4-11-13(12(9)18-14)15-7-20-11/h3-8H,1-2H2,(H,17,18). The van der Waals surface area contributed by atoms with Crippen molar-refractivity contribution in [2.24, 2.45) is 0 Å². The van der Waals surface area contributed by atoms with Crippen LogP contribution in [0.4, 0.5) is 0 Å². The molecular weight excluding hydrogens is 270 g/mol. The Labute approximate surface area is 118 Å². The van der Waals surface area contributed by atoms with Crippen LogP contribution in [0, 0.1) is 0 Å². The fourth-order valence-corrected chi connectivity index (χ4v) is 3.31. The lowest BCUT2D eigenvalue weighted by molar-refractivity contribution is 0.646.